The van der Waals surface area contributed by atoms with E-state index in [9.17, 15) is 4.79 Å². The molecule has 0 aliphatic heterocycles. The molecule has 0 bridgehead atoms. The summed E-state index contributed by atoms with van der Waals surface area (Å²) in [5.74, 6) is -0.0801. The molecule has 1 aromatic heterocycles. The van der Waals surface area contributed by atoms with Crippen LogP contribution in [0.4, 0.5) is 0 Å². The van der Waals surface area contributed by atoms with Gasteiger partial charge in [0.1, 0.15) is 4.47 Å². The lowest BCUT2D eigenvalue weighted by molar-refractivity contribution is 0.0518. The Morgan fingerprint density at radius 3 is 2.80 bits per heavy atom. The van der Waals surface area contributed by atoms with Crippen LogP contribution in [0, 0.1) is 0 Å². The predicted molar refractivity (Wildman–Crippen MR) is 58.0 cm³/mol. The highest BCUT2D eigenvalue weighted by Gasteiger charge is 2.19. The van der Waals surface area contributed by atoms with Gasteiger partial charge in [-0.15, -0.1) is 5.10 Å². The summed E-state index contributed by atoms with van der Waals surface area (Å²) in [5.41, 5.74) is 0.271. The maximum atomic E-state index is 11.4. The average molecular weight is 277 g/mol. The summed E-state index contributed by atoms with van der Waals surface area (Å²) < 4.78 is 10.7. The molecule has 0 fully saturated rings. The van der Waals surface area contributed by atoms with E-state index < -0.39 is 5.97 Å². The number of ether oxygens (including phenoxy) is 2. The lowest BCUT2D eigenvalue weighted by Crippen LogP contribution is -2.07. The zero-order chi connectivity index (χ0) is 11.4. The van der Waals surface area contributed by atoms with Crippen molar-refractivity contribution in [3.8, 4) is 5.88 Å². The molecule has 1 N–H and O–H groups in total. The predicted octanol–water partition coefficient (Wildman–Crippen LogP) is 2.14. The molecule has 6 heteroatoms. The molecular formula is C9H13BrN2O3. The molecule has 0 unspecified atom stereocenters. The molecular weight excluding hydrogens is 264 g/mol. The fourth-order valence-corrected chi connectivity index (χ4v) is 1.38. The van der Waals surface area contributed by atoms with Gasteiger partial charge in [0, 0.05) is 0 Å². The van der Waals surface area contributed by atoms with Crippen LogP contribution >= 0.6 is 15.9 Å². The van der Waals surface area contributed by atoms with Crippen molar-refractivity contribution in [3.63, 3.8) is 0 Å². The topological polar surface area (TPSA) is 64.2 Å². The SMILES string of the molecule is CCOC(=O)c1[nH]nc(OC(C)C)c1Br. The van der Waals surface area contributed by atoms with Crippen LogP contribution in [0.5, 0.6) is 5.88 Å². The first-order valence-electron chi connectivity index (χ1n) is 4.63. The Balaban J connectivity index is 2.84. The maximum Gasteiger partial charge on any atom is 0.357 e. The van der Waals surface area contributed by atoms with Crippen molar-refractivity contribution in [2.45, 2.75) is 26.9 Å². The van der Waals surface area contributed by atoms with E-state index in [0.29, 0.717) is 17.0 Å². The highest BCUT2D eigenvalue weighted by Crippen LogP contribution is 2.27. The van der Waals surface area contributed by atoms with Crippen molar-refractivity contribution in [1.82, 2.24) is 10.2 Å². The molecule has 0 amide bonds. The first-order chi connectivity index (χ1) is 7.06. The van der Waals surface area contributed by atoms with Crippen molar-refractivity contribution in [1.29, 1.82) is 0 Å². The van der Waals surface area contributed by atoms with E-state index in [1.54, 1.807) is 6.92 Å². The molecule has 0 saturated heterocycles. The van der Waals surface area contributed by atoms with E-state index >= 15 is 0 Å². The fourth-order valence-electron chi connectivity index (χ4n) is 0.952. The zero-order valence-corrected chi connectivity index (χ0v) is 10.4. The average Bonchev–Trinajstić information content (AvgIpc) is 2.48. The molecule has 0 aliphatic rings. The third kappa shape index (κ3) is 2.95. The van der Waals surface area contributed by atoms with Gasteiger partial charge in [-0.25, -0.2) is 4.79 Å². The largest absolute Gasteiger partial charge is 0.473 e. The van der Waals surface area contributed by atoms with Gasteiger partial charge in [0.15, 0.2) is 5.69 Å². The van der Waals surface area contributed by atoms with Gasteiger partial charge in [-0.2, -0.15) is 0 Å². The van der Waals surface area contributed by atoms with Crippen molar-refractivity contribution >= 4 is 21.9 Å². The van der Waals surface area contributed by atoms with Crippen LogP contribution in [0.25, 0.3) is 0 Å². The highest BCUT2D eigenvalue weighted by atomic mass is 79.9. The van der Waals surface area contributed by atoms with Gasteiger partial charge in [-0.1, -0.05) is 0 Å². The molecule has 15 heavy (non-hydrogen) atoms. The van der Waals surface area contributed by atoms with Gasteiger partial charge >= 0.3 is 5.97 Å². The minimum Gasteiger partial charge on any atom is -0.473 e. The number of hydrogen-bond donors (Lipinski definition) is 1. The van der Waals surface area contributed by atoms with E-state index in [1.807, 2.05) is 13.8 Å². The number of H-pyrrole nitrogens is 1. The fraction of sp³-hybridized carbons (Fsp3) is 0.556. The number of hydrogen-bond acceptors (Lipinski definition) is 4. The van der Waals surface area contributed by atoms with Gasteiger partial charge in [0.05, 0.1) is 12.7 Å². The standard InChI is InChI=1S/C9H13BrN2O3/c1-4-14-9(13)7-6(10)8(12-11-7)15-5(2)3/h5H,4H2,1-3H3,(H,11,12). The number of carbonyl (C=O) groups excluding carboxylic acids is 1. The minimum atomic E-state index is -0.449. The molecule has 0 saturated carbocycles. The summed E-state index contributed by atoms with van der Waals surface area (Å²) >= 11 is 3.23. The molecule has 0 aromatic carbocycles. The van der Waals surface area contributed by atoms with Crippen LogP contribution in [-0.2, 0) is 4.74 Å². The lowest BCUT2D eigenvalue weighted by atomic mass is 10.4. The summed E-state index contributed by atoms with van der Waals surface area (Å²) in [6.45, 7) is 5.83. The van der Waals surface area contributed by atoms with E-state index in [0.717, 1.165) is 0 Å². The van der Waals surface area contributed by atoms with Crippen molar-refractivity contribution in [3.05, 3.63) is 10.2 Å². The molecule has 0 spiro atoms. The van der Waals surface area contributed by atoms with Crippen molar-refractivity contribution in [2.75, 3.05) is 6.61 Å². The first kappa shape index (κ1) is 12.0. The van der Waals surface area contributed by atoms with Crippen molar-refractivity contribution < 1.29 is 14.3 Å². The van der Waals surface area contributed by atoms with E-state index in [-0.39, 0.29) is 11.8 Å². The van der Waals surface area contributed by atoms with Crippen LogP contribution < -0.4 is 4.74 Å². The van der Waals surface area contributed by atoms with Gasteiger partial charge in [-0.05, 0) is 36.7 Å². The van der Waals surface area contributed by atoms with Crippen LogP contribution in [0.2, 0.25) is 0 Å². The molecule has 5 nitrogen and oxygen atoms in total. The van der Waals surface area contributed by atoms with Crippen LogP contribution in [0.15, 0.2) is 4.47 Å². The molecule has 1 aromatic rings. The Morgan fingerprint density at radius 1 is 1.60 bits per heavy atom. The normalized spacial score (nSPS) is 10.5. The smallest absolute Gasteiger partial charge is 0.357 e. The van der Waals surface area contributed by atoms with Gasteiger partial charge in [0.2, 0.25) is 5.88 Å². The molecule has 0 atom stereocenters. The van der Waals surface area contributed by atoms with Gasteiger partial charge in [0.25, 0.3) is 0 Å². The number of aromatic nitrogens is 2. The number of carbonyl (C=O) groups is 1. The van der Waals surface area contributed by atoms with E-state index in [4.69, 9.17) is 9.47 Å². The Morgan fingerprint density at radius 2 is 2.27 bits per heavy atom. The maximum absolute atomic E-state index is 11.4. The molecule has 0 aliphatic carbocycles. The zero-order valence-electron chi connectivity index (χ0n) is 8.83. The quantitative estimate of drug-likeness (QED) is 0.856. The number of nitrogens with zero attached hydrogens (tertiary/aromatic N) is 1. The third-order valence-corrected chi connectivity index (χ3v) is 2.24. The number of nitrogens with one attached hydrogen (secondary N) is 1. The Bertz CT molecular complexity index is 349. The van der Waals surface area contributed by atoms with Crippen LogP contribution in [-0.4, -0.2) is 28.9 Å². The summed E-state index contributed by atoms with van der Waals surface area (Å²) in [6.07, 6.45) is -0.000328. The number of rotatable bonds is 4. The second kappa shape index (κ2) is 5.16. The number of esters is 1. The summed E-state index contributed by atoms with van der Waals surface area (Å²) in [7, 11) is 0. The van der Waals surface area contributed by atoms with Crippen LogP contribution in [0.1, 0.15) is 31.3 Å². The molecule has 0 radical (unpaired) electrons. The van der Waals surface area contributed by atoms with Crippen LogP contribution in [0.3, 0.4) is 0 Å². The third-order valence-electron chi connectivity index (χ3n) is 1.50. The van der Waals surface area contributed by atoms with Gasteiger partial charge in [-0.3, -0.25) is 5.10 Å². The molecule has 84 valence electrons. The minimum absolute atomic E-state index is 0.000328. The summed E-state index contributed by atoms with van der Waals surface area (Å²) in [5, 5.41) is 6.43. The van der Waals surface area contributed by atoms with Crippen molar-refractivity contribution in [2.24, 2.45) is 0 Å². The number of aromatic amines is 1. The van der Waals surface area contributed by atoms with E-state index in [2.05, 4.69) is 26.1 Å². The second-order valence-corrected chi connectivity index (χ2v) is 3.90. The molecule has 1 rings (SSSR count). The Kier molecular flexibility index (Phi) is 4.14. The lowest BCUT2D eigenvalue weighted by Gasteiger charge is -2.05. The highest BCUT2D eigenvalue weighted by molar-refractivity contribution is 9.10. The van der Waals surface area contributed by atoms with E-state index in [1.165, 1.54) is 0 Å². The molecule has 1 heterocycles. The Labute approximate surface area is 96.3 Å². The monoisotopic (exact) mass is 276 g/mol. The second-order valence-electron chi connectivity index (χ2n) is 3.10. The first-order valence-corrected chi connectivity index (χ1v) is 5.43. The Hall–Kier alpha value is -1.04. The van der Waals surface area contributed by atoms with Gasteiger partial charge < -0.3 is 9.47 Å². The summed E-state index contributed by atoms with van der Waals surface area (Å²) in [4.78, 5) is 11.4. The summed E-state index contributed by atoms with van der Waals surface area (Å²) in [6, 6.07) is 0. The number of halogens is 1.